The first-order chi connectivity index (χ1) is 14.0. The Bertz CT molecular complexity index is 1010. The molecule has 10 heteroatoms. The number of carbonyl (C=O) groups is 1. The number of carbonyl (C=O) groups excluding carboxylic acids is 1. The lowest BCUT2D eigenvalue weighted by Gasteiger charge is -2.07. The summed E-state index contributed by atoms with van der Waals surface area (Å²) in [7, 11) is 0. The van der Waals surface area contributed by atoms with Gasteiger partial charge in [0, 0.05) is 40.2 Å². The fraction of sp³-hybridized carbons (Fsp3) is 0.316. The third-order valence-corrected chi connectivity index (χ3v) is 6.08. The molecule has 0 unspecified atom stereocenters. The molecule has 8 nitrogen and oxygen atoms in total. The highest BCUT2D eigenvalue weighted by molar-refractivity contribution is 7.99. The smallest absolute Gasteiger partial charge is 0.271 e. The molecule has 0 aliphatic heterocycles. The Morgan fingerprint density at radius 3 is 2.86 bits per heavy atom. The van der Waals surface area contributed by atoms with Gasteiger partial charge in [0.15, 0.2) is 11.0 Å². The van der Waals surface area contributed by atoms with Crippen molar-refractivity contribution in [1.82, 2.24) is 14.8 Å². The van der Waals surface area contributed by atoms with Crippen LogP contribution in [0.5, 0.6) is 0 Å². The van der Waals surface area contributed by atoms with E-state index in [4.69, 9.17) is 0 Å². The Labute approximate surface area is 176 Å². The lowest BCUT2D eigenvalue weighted by Crippen LogP contribution is -2.14. The fourth-order valence-corrected chi connectivity index (χ4v) is 4.56. The van der Waals surface area contributed by atoms with E-state index >= 15 is 0 Å². The molecule has 0 aliphatic rings. The molecule has 0 radical (unpaired) electrons. The van der Waals surface area contributed by atoms with Crippen molar-refractivity contribution in [3.05, 3.63) is 50.7 Å². The first-order valence-corrected chi connectivity index (χ1v) is 11.1. The van der Waals surface area contributed by atoms with Crippen LogP contribution in [0.4, 0.5) is 11.4 Å². The van der Waals surface area contributed by atoms with Gasteiger partial charge >= 0.3 is 0 Å². The van der Waals surface area contributed by atoms with E-state index in [1.807, 2.05) is 11.5 Å². The van der Waals surface area contributed by atoms with Crippen LogP contribution in [0.2, 0.25) is 0 Å². The molecule has 152 valence electrons. The number of non-ortho nitro benzene ring substituents is 1. The average Bonchev–Trinajstić information content (AvgIpc) is 3.33. The monoisotopic (exact) mass is 431 g/mol. The number of thiophene rings is 1. The molecular formula is C19H21N5O3S2. The molecule has 0 saturated heterocycles. The second-order valence-electron chi connectivity index (χ2n) is 6.25. The van der Waals surface area contributed by atoms with Gasteiger partial charge in [-0.1, -0.05) is 31.2 Å². The summed E-state index contributed by atoms with van der Waals surface area (Å²) in [5, 5.41) is 24.8. The number of nitrogens with one attached hydrogen (secondary N) is 1. The Morgan fingerprint density at radius 1 is 1.31 bits per heavy atom. The number of aryl methyl sites for hydroxylation is 1. The molecule has 1 N–H and O–H groups in total. The number of hydrogen-bond donors (Lipinski definition) is 1. The second kappa shape index (κ2) is 9.66. The molecule has 0 spiro atoms. The summed E-state index contributed by atoms with van der Waals surface area (Å²) in [5.74, 6) is 0.669. The maximum absolute atomic E-state index is 12.3. The number of benzene rings is 1. The molecule has 1 amide bonds. The minimum atomic E-state index is -0.494. The van der Waals surface area contributed by atoms with Crippen LogP contribution in [-0.4, -0.2) is 31.3 Å². The molecule has 0 bridgehead atoms. The van der Waals surface area contributed by atoms with E-state index in [-0.39, 0.29) is 17.3 Å². The molecule has 0 aliphatic carbocycles. The highest BCUT2D eigenvalue weighted by Crippen LogP contribution is 2.28. The summed E-state index contributed by atoms with van der Waals surface area (Å²) in [5.41, 5.74) is 1.37. The van der Waals surface area contributed by atoms with Crippen LogP contribution >= 0.6 is 23.1 Å². The number of nitro benzene ring substituents is 1. The van der Waals surface area contributed by atoms with Crippen LogP contribution < -0.4 is 5.32 Å². The topological polar surface area (TPSA) is 103 Å². The van der Waals surface area contributed by atoms with Crippen molar-refractivity contribution in [1.29, 1.82) is 0 Å². The van der Waals surface area contributed by atoms with Crippen LogP contribution in [-0.2, 0) is 17.8 Å². The number of thioether (sulfide) groups is 1. The molecule has 29 heavy (non-hydrogen) atoms. The number of hydrogen-bond acceptors (Lipinski definition) is 7. The normalized spacial score (nSPS) is 10.8. The lowest BCUT2D eigenvalue weighted by molar-refractivity contribution is -0.384. The SMILES string of the molecule is CCCc1cc(-c2nnc(SCC(=O)Nc3cccc([N+](=O)[O-])c3)n2CC)cs1. The molecular weight excluding hydrogens is 410 g/mol. The average molecular weight is 432 g/mol. The molecule has 3 rings (SSSR count). The summed E-state index contributed by atoms with van der Waals surface area (Å²) in [6, 6.07) is 8.01. The molecule has 3 aromatic rings. The summed E-state index contributed by atoms with van der Waals surface area (Å²) in [6.07, 6.45) is 2.14. The standard InChI is InChI=1S/C19H21N5O3S2/c1-3-6-16-9-13(11-28-16)18-21-22-19(23(18)4-2)29-12-17(25)20-14-7-5-8-15(10-14)24(26)27/h5,7-11H,3-4,6,12H2,1-2H3,(H,20,25). The Kier molecular flexibility index (Phi) is 6.99. The van der Waals surface area contributed by atoms with E-state index in [1.165, 1.54) is 34.8 Å². The molecule has 2 heterocycles. The van der Waals surface area contributed by atoms with E-state index in [1.54, 1.807) is 17.4 Å². The van der Waals surface area contributed by atoms with Crippen LogP contribution in [0.3, 0.4) is 0 Å². The number of nitro groups is 1. The van der Waals surface area contributed by atoms with Gasteiger partial charge in [0.2, 0.25) is 5.91 Å². The van der Waals surface area contributed by atoms with E-state index in [0.717, 1.165) is 24.2 Å². The van der Waals surface area contributed by atoms with Gasteiger partial charge in [0.1, 0.15) is 0 Å². The number of nitrogens with zero attached hydrogens (tertiary/aromatic N) is 4. The number of aromatic nitrogens is 3. The van der Waals surface area contributed by atoms with Gasteiger partial charge in [0.25, 0.3) is 5.69 Å². The summed E-state index contributed by atoms with van der Waals surface area (Å²) >= 11 is 3.01. The molecule has 0 atom stereocenters. The highest BCUT2D eigenvalue weighted by Gasteiger charge is 2.16. The van der Waals surface area contributed by atoms with Gasteiger partial charge in [-0.05, 0) is 25.5 Å². The first kappa shape index (κ1) is 21.0. The van der Waals surface area contributed by atoms with Crippen molar-refractivity contribution in [3.63, 3.8) is 0 Å². The zero-order valence-corrected chi connectivity index (χ0v) is 17.8. The Morgan fingerprint density at radius 2 is 2.14 bits per heavy atom. The zero-order valence-electron chi connectivity index (χ0n) is 16.1. The Balaban J connectivity index is 1.66. The van der Waals surface area contributed by atoms with Gasteiger partial charge in [-0.25, -0.2) is 0 Å². The summed E-state index contributed by atoms with van der Waals surface area (Å²) in [4.78, 5) is 23.9. The molecule has 2 aromatic heterocycles. The van der Waals surface area contributed by atoms with Crippen molar-refractivity contribution < 1.29 is 9.72 Å². The number of amides is 1. The maximum Gasteiger partial charge on any atom is 0.271 e. The fourth-order valence-electron chi connectivity index (χ4n) is 2.79. The largest absolute Gasteiger partial charge is 0.325 e. The highest BCUT2D eigenvalue weighted by atomic mass is 32.2. The van der Waals surface area contributed by atoms with Gasteiger partial charge in [-0.2, -0.15) is 0 Å². The third-order valence-electron chi connectivity index (χ3n) is 4.11. The van der Waals surface area contributed by atoms with E-state index in [0.29, 0.717) is 17.4 Å². The predicted octanol–water partition coefficient (Wildman–Crippen LogP) is 4.62. The quantitative estimate of drug-likeness (QED) is 0.301. The van der Waals surface area contributed by atoms with E-state index < -0.39 is 4.92 Å². The zero-order chi connectivity index (χ0) is 20.8. The minimum absolute atomic E-state index is 0.0657. The van der Waals surface area contributed by atoms with Gasteiger partial charge < -0.3 is 9.88 Å². The minimum Gasteiger partial charge on any atom is -0.325 e. The van der Waals surface area contributed by atoms with Crippen molar-refractivity contribution in [3.8, 4) is 11.4 Å². The van der Waals surface area contributed by atoms with Crippen molar-refractivity contribution >= 4 is 40.4 Å². The van der Waals surface area contributed by atoms with Crippen molar-refractivity contribution in [2.24, 2.45) is 0 Å². The van der Waals surface area contributed by atoms with Crippen LogP contribution in [0, 0.1) is 10.1 Å². The van der Waals surface area contributed by atoms with E-state index in [9.17, 15) is 14.9 Å². The first-order valence-electron chi connectivity index (χ1n) is 9.19. The summed E-state index contributed by atoms with van der Waals surface area (Å²) in [6.45, 7) is 4.86. The van der Waals surface area contributed by atoms with Crippen LogP contribution in [0.25, 0.3) is 11.4 Å². The van der Waals surface area contributed by atoms with Gasteiger partial charge in [-0.15, -0.1) is 21.5 Å². The lowest BCUT2D eigenvalue weighted by atomic mass is 10.2. The van der Waals surface area contributed by atoms with Gasteiger partial charge in [0.05, 0.1) is 10.7 Å². The number of anilines is 1. The number of rotatable bonds is 9. The molecule has 1 aromatic carbocycles. The van der Waals surface area contributed by atoms with Crippen LogP contribution in [0.15, 0.2) is 40.9 Å². The predicted molar refractivity (Wildman–Crippen MR) is 115 cm³/mol. The van der Waals surface area contributed by atoms with Crippen LogP contribution in [0.1, 0.15) is 25.1 Å². The summed E-state index contributed by atoms with van der Waals surface area (Å²) < 4.78 is 1.99. The third kappa shape index (κ3) is 5.21. The van der Waals surface area contributed by atoms with E-state index in [2.05, 4.69) is 33.9 Å². The second-order valence-corrected chi connectivity index (χ2v) is 8.18. The van der Waals surface area contributed by atoms with Gasteiger partial charge in [-0.3, -0.25) is 14.9 Å². The van der Waals surface area contributed by atoms with Crippen molar-refractivity contribution in [2.75, 3.05) is 11.1 Å². The maximum atomic E-state index is 12.3. The molecule has 0 saturated carbocycles. The van der Waals surface area contributed by atoms with Crippen molar-refractivity contribution in [2.45, 2.75) is 38.4 Å². The molecule has 0 fully saturated rings. The Hall–Kier alpha value is -2.72.